The van der Waals surface area contributed by atoms with E-state index in [2.05, 4.69) is 34.1 Å². The Morgan fingerprint density at radius 2 is 1.79 bits per heavy atom. The van der Waals surface area contributed by atoms with Gasteiger partial charge in [-0.15, -0.1) is 0 Å². The Kier molecular flexibility index (Phi) is 5.00. The maximum Gasteiger partial charge on any atom is 0.132 e. The summed E-state index contributed by atoms with van der Waals surface area (Å²) in [6, 6.07) is 14.4. The lowest BCUT2D eigenvalue weighted by Crippen LogP contribution is -2.01. The van der Waals surface area contributed by atoms with Crippen LogP contribution in [-0.4, -0.2) is 11.7 Å². The van der Waals surface area contributed by atoms with Gasteiger partial charge in [0.05, 0.1) is 4.47 Å². The molecular formula is C16H18BrNO. The van der Waals surface area contributed by atoms with Crippen LogP contribution in [0.3, 0.4) is 0 Å². The lowest BCUT2D eigenvalue weighted by molar-refractivity contribution is 0.463. The number of rotatable bonds is 5. The molecule has 0 atom stereocenters. The first-order chi connectivity index (χ1) is 9.20. The normalized spacial score (nSPS) is 10.6. The molecule has 3 heteroatoms. The van der Waals surface area contributed by atoms with Crippen LogP contribution in [0.25, 0.3) is 0 Å². The standard InChI is InChI=1S/C16H18BrNO/c17-15-11-13(9-12-5-2-1-3-6-12)10-14(16(15)19)7-4-8-18/h1-3,5-6,10-11,19H,4,7-9,18H2. The van der Waals surface area contributed by atoms with Gasteiger partial charge in [0.1, 0.15) is 5.75 Å². The molecule has 3 N–H and O–H groups in total. The fourth-order valence-corrected chi connectivity index (χ4v) is 2.68. The molecular weight excluding hydrogens is 302 g/mol. The zero-order chi connectivity index (χ0) is 13.7. The Morgan fingerprint density at radius 3 is 2.47 bits per heavy atom. The van der Waals surface area contributed by atoms with Gasteiger partial charge in [0.2, 0.25) is 0 Å². The molecule has 0 aromatic heterocycles. The SMILES string of the molecule is NCCCc1cc(Cc2ccccc2)cc(Br)c1O. The van der Waals surface area contributed by atoms with E-state index < -0.39 is 0 Å². The zero-order valence-corrected chi connectivity index (χ0v) is 12.4. The van der Waals surface area contributed by atoms with Crippen molar-refractivity contribution in [3.63, 3.8) is 0 Å². The molecule has 0 aliphatic rings. The highest BCUT2D eigenvalue weighted by molar-refractivity contribution is 9.10. The molecule has 0 aliphatic carbocycles. The number of phenols is 1. The van der Waals surface area contributed by atoms with Crippen LogP contribution in [0.4, 0.5) is 0 Å². The van der Waals surface area contributed by atoms with Gasteiger partial charge in [-0.2, -0.15) is 0 Å². The van der Waals surface area contributed by atoms with Gasteiger partial charge in [-0.05, 0) is 64.5 Å². The van der Waals surface area contributed by atoms with Crippen molar-refractivity contribution in [2.45, 2.75) is 19.3 Å². The molecule has 19 heavy (non-hydrogen) atoms. The van der Waals surface area contributed by atoms with E-state index in [-0.39, 0.29) is 0 Å². The molecule has 2 aromatic rings. The lowest BCUT2D eigenvalue weighted by Gasteiger charge is -2.10. The van der Waals surface area contributed by atoms with Crippen LogP contribution >= 0.6 is 15.9 Å². The van der Waals surface area contributed by atoms with Crippen LogP contribution in [-0.2, 0) is 12.8 Å². The number of halogens is 1. The summed E-state index contributed by atoms with van der Waals surface area (Å²) in [7, 11) is 0. The summed E-state index contributed by atoms with van der Waals surface area (Å²) in [5.41, 5.74) is 8.96. The zero-order valence-electron chi connectivity index (χ0n) is 10.8. The van der Waals surface area contributed by atoms with Crippen LogP contribution in [0.2, 0.25) is 0 Å². The van der Waals surface area contributed by atoms with Gasteiger partial charge < -0.3 is 10.8 Å². The monoisotopic (exact) mass is 319 g/mol. The molecule has 0 amide bonds. The second kappa shape index (κ2) is 6.73. The summed E-state index contributed by atoms with van der Waals surface area (Å²) in [5.74, 6) is 0.338. The van der Waals surface area contributed by atoms with Crippen molar-refractivity contribution in [2.75, 3.05) is 6.54 Å². The number of hydrogen-bond donors (Lipinski definition) is 2. The minimum absolute atomic E-state index is 0.338. The van der Waals surface area contributed by atoms with Gasteiger partial charge in [0.25, 0.3) is 0 Å². The predicted molar refractivity (Wildman–Crippen MR) is 82.4 cm³/mol. The molecule has 100 valence electrons. The van der Waals surface area contributed by atoms with Crippen LogP contribution in [0.1, 0.15) is 23.1 Å². The first-order valence-corrected chi connectivity index (χ1v) is 7.24. The quantitative estimate of drug-likeness (QED) is 0.883. The van der Waals surface area contributed by atoms with Crippen molar-refractivity contribution in [1.29, 1.82) is 0 Å². The topological polar surface area (TPSA) is 46.2 Å². The largest absolute Gasteiger partial charge is 0.506 e. The van der Waals surface area contributed by atoms with Gasteiger partial charge in [0, 0.05) is 0 Å². The number of aryl methyl sites for hydroxylation is 1. The molecule has 0 fully saturated rings. The van der Waals surface area contributed by atoms with Crippen molar-refractivity contribution < 1.29 is 5.11 Å². The van der Waals surface area contributed by atoms with Gasteiger partial charge in [-0.25, -0.2) is 0 Å². The number of phenolic OH excluding ortho intramolecular Hbond substituents is 1. The number of nitrogens with two attached hydrogens (primary N) is 1. The van der Waals surface area contributed by atoms with E-state index >= 15 is 0 Å². The predicted octanol–water partition coefficient (Wildman–Crippen LogP) is 3.64. The van der Waals surface area contributed by atoms with Crippen molar-refractivity contribution in [1.82, 2.24) is 0 Å². The third-order valence-electron chi connectivity index (χ3n) is 3.10. The Bertz CT molecular complexity index is 540. The Morgan fingerprint density at radius 1 is 1.05 bits per heavy atom. The van der Waals surface area contributed by atoms with Crippen LogP contribution < -0.4 is 5.73 Å². The second-order valence-corrected chi connectivity index (χ2v) is 5.49. The van der Waals surface area contributed by atoms with E-state index in [1.807, 2.05) is 24.3 Å². The fourth-order valence-electron chi connectivity index (χ4n) is 2.14. The molecule has 0 aliphatic heterocycles. The average molecular weight is 320 g/mol. The fraction of sp³-hybridized carbons (Fsp3) is 0.250. The Hall–Kier alpha value is -1.32. The molecule has 0 heterocycles. The smallest absolute Gasteiger partial charge is 0.132 e. The van der Waals surface area contributed by atoms with E-state index in [4.69, 9.17) is 5.73 Å². The summed E-state index contributed by atoms with van der Waals surface area (Å²) in [6.07, 6.45) is 2.56. The number of benzene rings is 2. The van der Waals surface area contributed by atoms with E-state index in [0.717, 1.165) is 29.3 Å². The van der Waals surface area contributed by atoms with Crippen molar-refractivity contribution in [3.05, 3.63) is 63.6 Å². The Balaban J connectivity index is 2.23. The van der Waals surface area contributed by atoms with Gasteiger partial charge in [-0.1, -0.05) is 36.4 Å². The molecule has 2 aromatic carbocycles. The molecule has 0 spiro atoms. The summed E-state index contributed by atoms with van der Waals surface area (Å²) < 4.78 is 0.757. The van der Waals surface area contributed by atoms with Gasteiger partial charge in [-0.3, -0.25) is 0 Å². The van der Waals surface area contributed by atoms with Gasteiger partial charge in [0.15, 0.2) is 0 Å². The Labute approximate surface area is 122 Å². The summed E-state index contributed by atoms with van der Waals surface area (Å²) >= 11 is 3.42. The molecule has 2 nitrogen and oxygen atoms in total. The van der Waals surface area contributed by atoms with E-state index in [0.29, 0.717) is 12.3 Å². The van der Waals surface area contributed by atoms with Crippen molar-refractivity contribution >= 4 is 15.9 Å². The average Bonchev–Trinajstić information content (AvgIpc) is 2.42. The summed E-state index contributed by atoms with van der Waals surface area (Å²) in [4.78, 5) is 0. The molecule has 0 radical (unpaired) electrons. The third kappa shape index (κ3) is 3.82. The molecule has 0 saturated heterocycles. The van der Waals surface area contributed by atoms with Crippen molar-refractivity contribution in [3.8, 4) is 5.75 Å². The third-order valence-corrected chi connectivity index (χ3v) is 3.71. The van der Waals surface area contributed by atoms with Crippen LogP contribution in [0, 0.1) is 0 Å². The minimum Gasteiger partial charge on any atom is -0.506 e. The maximum absolute atomic E-state index is 10.0. The summed E-state index contributed by atoms with van der Waals surface area (Å²) in [6.45, 7) is 0.639. The van der Waals surface area contributed by atoms with E-state index in [1.54, 1.807) is 0 Å². The van der Waals surface area contributed by atoms with Gasteiger partial charge >= 0.3 is 0 Å². The molecule has 0 unspecified atom stereocenters. The highest BCUT2D eigenvalue weighted by Gasteiger charge is 2.08. The van der Waals surface area contributed by atoms with E-state index in [9.17, 15) is 5.11 Å². The minimum atomic E-state index is 0.338. The second-order valence-electron chi connectivity index (χ2n) is 4.64. The first-order valence-electron chi connectivity index (χ1n) is 6.45. The highest BCUT2D eigenvalue weighted by Crippen LogP contribution is 2.31. The number of hydrogen-bond acceptors (Lipinski definition) is 2. The van der Waals surface area contributed by atoms with Crippen LogP contribution in [0.15, 0.2) is 46.9 Å². The highest BCUT2D eigenvalue weighted by atomic mass is 79.9. The van der Waals surface area contributed by atoms with Crippen molar-refractivity contribution in [2.24, 2.45) is 5.73 Å². The molecule has 0 saturated carbocycles. The summed E-state index contributed by atoms with van der Waals surface area (Å²) in [5, 5.41) is 10.0. The molecule has 2 rings (SSSR count). The van der Waals surface area contributed by atoms with E-state index in [1.165, 1.54) is 11.1 Å². The van der Waals surface area contributed by atoms with Crippen LogP contribution in [0.5, 0.6) is 5.75 Å². The number of aromatic hydroxyl groups is 1. The lowest BCUT2D eigenvalue weighted by atomic mass is 10.00. The first kappa shape index (κ1) is 14.1. The molecule has 0 bridgehead atoms. The maximum atomic E-state index is 10.0.